The molecule has 0 fully saturated rings. The lowest BCUT2D eigenvalue weighted by molar-refractivity contribution is 0.0954. The number of rotatable bonds is 7. The van der Waals surface area contributed by atoms with Crippen LogP contribution in [0.2, 0.25) is 0 Å². The van der Waals surface area contributed by atoms with Crippen LogP contribution in [0.15, 0.2) is 79.0 Å². The van der Waals surface area contributed by atoms with Crippen LogP contribution in [-0.4, -0.2) is 27.0 Å². The van der Waals surface area contributed by atoms with Crippen LogP contribution in [0, 0.1) is 0 Å². The van der Waals surface area contributed by atoms with E-state index in [2.05, 4.69) is 15.5 Å². The zero-order chi connectivity index (χ0) is 19.2. The van der Waals surface area contributed by atoms with Crippen LogP contribution in [0.25, 0.3) is 5.65 Å². The van der Waals surface area contributed by atoms with Crippen LogP contribution in [0.3, 0.4) is 0 Å². The van der Waals surface area contributed by atoms with Gasteiger partial charge in [-0.1, -0.05) is 36.4 Å². The second kappa shape index (κ2) is 8.35. The molecule has 4 aromatic rings. The molecule has 0 unspecified atom stereocenters. The molecule has 0 aliphatic heterocycles. The first-order valence-corrected chi connectivity index (χ1v) is 9.13. The van der Waals surface area contributed by atoms with E-state index >= 15 is 0 Å². The monoisotopic (exact) mass is 372 g/mol. The number of carbonyl (C=O) groups excluding carboxylic acids is 1. The normalized spacial score (nSPS) is 10.7. The molecule has 28 heavy (non-hydrogen) atoms. The molecule has 1 N–H and O–H groups in total. The summed E-state index contributed by atoms with van der Waals surface area (Å²) in [5.74, 6) is 1.43. The van der Waals surface area contributed by atoms with Crippen LogP contribution in [-0.2, 0) is 13.0 Å². The van der Waals surface area contributed by atoms with Crippen LogP contribution < -0.4 is 10.1 Å². The number of fused-ring (bicyclic) bond motifs is 1. The summed E-state index contributed by atoms with van der Waals surface area (Å²) >= 11 is 0. The highest BCUT2D eigenvalue weighted by molar-refractivity contribution is 5.94. The molecule has 0 aliphatic rings. The lowest BCUT2D eigenvalue weighted by Crippen LogP contribution is -2.26. The average molecular weight is 372 g/mol. The van der Waals surface area contributed by atoms with Crippen molar-refractivity contribution >= 4 is 11.6 Å². The number of benzene rings is 2. The Bertz CT molecular complexity index is 1060. The molecule has 4 rings (SSSR count). The molecular formula is C22H20N4O2. The van der Waals surface area contributed by atoms with E-state index in [1.807, 2.05) is 71.3 Å². The van der Waals surface area contributed by atoms with E-state index in [0.717, 1.165) is 22.8 Å². The van der Waals surface area contributed by atoms with E-state index < -0.39 is 0 Å². The molecule has 2 aromatic carbocycles. The second-order valence-corrected chi connectivity index (χ2v) is 6.35. The number of nitrogens with one attached hydrogen (secondary N) is 1. The van der Waals surface area contributed by atoms with E-state index in [4.69, 9.17) is 4.74 Å². The Morgan fingerprint density at radius 1 is 0.929 bits per heavy atom. The molecular weight excluding hydrogens is 352 g/mol. The highest BCUT2D eigenvalue weighted by Gasteiger charge is 2.08. The smallest absolute Gasteiger partial charge is 0.251 e. The highest BCUT2D eigenvalue weighted by Crippen LogP contribution is 2.14. The molecule has 2 heterocycles. The number of amides is 1. The van der Waals surface area contributed by atoms with Crippen molar-refractivity contribution in [3.05, 3.63) is 95.9 Å². The zero-order valence-electron chi connectivity index (χ0n) is 15.3. The highest BCUT2D eigenvalue weighted by atomic mass is 16.5. The molecule has 0 bridgehead atoms. The Balaban J connectivity index is 1.28. The first-order chi connectivity index (χ1) is 13.8. The number of nitrogens with zero attached hydrogens (tertiary/aromatic N) is 3. The molecule has 1 amide bonds. The lowest BCUT2D eigenvalue weighted by atomic mass is 10.2. The van der Waals surface area contributed by atoms with E-state index in [-0.39, 0.29) is 5.91 Å². The van der Waals surface area contributed by atoms with Crippen LogP contribution >= 0.6 is 0 Å². The van der Waals surface area contributed by atoms with Crippen LogP contribution in [0.1, 0.15) is 21.7 Å². The van der Waals surface area contributed by atoms with Crippen molar-refractivity contribution in [3.8, 4) is 5.75 Å². The van der Waals surface area contributed by atoms with Gasteiger partial charge in [-0.15, -0.1) is 10.2 Å². The Morgan fingerprint density at radius 3 is 2.54 bits per heavy atom. The Labute approximate surface area is 162 Å². The summed E-state index contributed by atoms with van der Waals surface area (Å²) in [5.41, 5.74) is 2.50. The summed E-state index contributed by atoms with van der Waals surface area (Å²) in [6.07, 6.45) is 2.52. The Kier molecular flexibility index (Phi) is 5.29. The predicted molar refractivity (Wildman–Crippen MR) is 106 cm³/mol. The van der Waals surface area contributed by atoms with Gasteiger partial charge in [0.25, 0.3) is 5.91 Å². The average Bonchev–Trinajstić information content (AvgIpc) is 3.16. The van der Waals surface area contributed by atoms with Crippen molar-refractivity contribution in [1.29, 1.82) is 0 Å². The summed E-state index contributed by atoms with van der Waals surface area (Å²) in [6, 6.07) is 22.9. The standard InChI is InChI=1S/C22H20N4O2/c27-22(23-14-13-21-25-24-20-8-4-5-15-26(20)21)18-9-11-19(12-10-18)28-16-17-6-2-1-3-7-17/h1-12,15H,13-14,16H2,(H,23,27). The lowest BCUT2D eigenvalue weighted by Gasteiger charge is -2.08. The van der Waals surface area contributed by atoms with Crippen LogP contribution in [0.4, 0.5) is 0 Å². The van der Waals surface area contributed by atoms with Crippen molar-refractivity contribution in [3.63, 3.8) is 0 Å². The minimum absolute atomic E-state index is 0.122. The van der Waals surface area contributed by atoms with Crippen LogP contribution in [0.5, 0.6) is 5.75 Å². The SMILES string of the molecule is O=C(NCCc1nnc2ccccn12)c1ccc(OCc2ccccc2)cc1. The summed E-state index contributed by atoms with van der Waals surface area (Å²) in [4.78, 5) is 12.3. The fraction of sp³-hybridized carbons (Fsp3) is 0.136. The number of carbonyl (C=O) groups is 1. The van der Waals surface area contributed by atoms with Crippen molar-refractivity contribution in [2.75, 3.05) is 6.54 Å². The molecule has 0 radical (unpaired) electrons. The van der Waals surface area contributed by atoms with Crippen molar-refractivity contribution in [1.82, 2.24) is 19.9 Å². The molecule has 140 valence electrons. The van der Waals surface area contributed by atoms with Gasteiger partial charge in [-0.25, -0.2) is 0 Å². The summed E-state index contributed by atoms with van der Waals surface area (Å²) in [6.45, 7) is 0.986. The summed E-state index contributed by atoms with van der Waals surface area (Å²) < 4.78 is 7.67. The first-order valence-electron chi connectivity index (χ1n) is 9.13. The third kappa shape index (κ3) is 4.17. The van der Waals surface area contributed by atoms with Crippen molar-refractivity contribution in [2.45, 2.75) is 13.0 Å². The van der Waals surface area contributed by atoms with E-state index in [9.17, 15) is 4.79 Å². The molecule has 0 aliphatic carbocycles. The van der Waals surface area contributed by atoms with Gasteiger partial charge in [-0.2, -0.15) is 0 Å². The summed E-state index contributed by atoms with van der Waals surface area (Å²) in [7, 11) is 0. The van der Waals surface area contributed by atoms with E-state index in [1.54, 1.807) is 12.1 Å². The molecule has 0 atom stereocenters. The topological polar surface area (TPSA) is 68.5 Å². The third-order valence-corrected chi connectivity index (χ3v) is 4.38. The van der Waals surface area contributed by atoms with E-state index in [1.165, 1.54) is 0 Å². The molecule has 0 spiro atoms. The van der Waals surface area contributed by atoms with Gasteiger partial charge < -0.3 is 10.1 Å². The number of hydrogen-bond donors (Lipinski definition) is 1. The maximum absolute atomic E-state index is 12.3. The maximum Gasteiger partial charge on any atom is 0.251 e. The van der Waals surface area contributed by atoms with Gasteiger partial charge in [0, 0.05) is 24.7 Å². The Morgan fingerprint density at radius 2 is 1.71 bits per heavy atom. The van der Waals surface area contributed by atoms with Crippen molar-refractivity contribution < 1.29 is 9.53 Å². The molecule has 0 saturated carbocycles. The van der Waals surface area contributed by atoms with Gasteiger partial charge in [0.05, 0.1) is 0 Å². The fourth-order valence-electron chi connectivity index (χ4n) is 2.89. The number of aromatic nitrogens is 3. The number of pyridine rings is 1. The first kappa shape index (κ1) is 17.7. The minimum Gasteiger partial charge on any atom is -0.489 e. The van der Waals surface area contributed by atoms with Gasteiger partial charge in [-0.3, -0.25) is 9.20 Å². The largest absolute Gasteiger partial charge is 0.489 e. The fourth-order valence-corrected chi connectivity index (χ4v) is 2.89. The second-order valence-electron chi connectivity index (χ2n) is 6.35. The van der Waals surface area contributed by atoms with Gasteiger partial charge in [0.1, 0.15) is 18.2 Å². The third-order valence-electron chi connectivity index (χ3n) is 4.38. The van der Waals surface area contributed by atoms with Crippen molar-refractivity contribution in [2.24, 2.45) is 0 Å². The van der Waals surface area contributed by atoms with Gasteiger partial charge in [0.15, 0.2) is 5.65 Å². The molecule has 0 saturated heterocycles. The Hall–Kier alpha value is -3.67. The van der Waals surface area contributed by atoms with Gasteiger partial charge >= 0.3 is 0 Å². The van der Waals surface area contributed by atoms with Gasteiger partial charge in [-0.05, 0) is 42.0 Å². The molecule has 2 aromatic heterocycles. The minimum atomic E-state index is -0.122. The zero-order valence-corrected chi connectivity index (χ0v) is 15.3. The molecule has 6 heteroatoms. The van der Waals surface area contributed by atoms with E-state index in [0.29, 0.717) is 25.1 Å². The number of ether oxygens (including phenoxy) is 1. The number of hydrogen-bond acceptors (Lipinski definition) is 4. The molecule has 6 nitrogen and oxygen atoms in total. The van der Waals surface area contributed by atoms with Gasteiger partial charge in [0.2, 0.25) is 0 Å². The predicted octanol–water partition coefficient (Wildman–Crippen LogP) is 3.28. The maximum atomic E-state index is 12.3. The quantitative estimate of drug-likeness (QED) is 0.541. The summed E-state index contributed by atoms with van der Waals surface area (Å²) in [5, 5.41) is 11.2.